The Hall–Kier alpha value is -3.93. The van der Waals surface area contributed by atoms with E-state index in [1.165, 1.54) is 18.0 Å². The van der Waals surface area contributed by atoms with Crippen molar-refractivity contribution < 1.29 is 28.7 Å². The van der Waals surface area contributed by atoms with Gasteiger partial charge in [0.25, 0.3) is 0 Å². The van der Waals surface area contributed by atoms with E-state index in [1.54, 1.807) is 0 Å². The smallest absolute Gasteiger partial charge is 0.408 e. The minimum absolute atomic E-state index is 0.00915. The quantitative estimate of drug-likeness (QED) is 0.232. The van der Waals surface area contributed by atoms with Crippen LogP contribution in [0.3, 0.4) is 0 Å². The molecule has 1 aliphatic rings. The molecule has 1 aromatic rings. The molecule has 12 nitrogen and oxygen atoms in total. The van der Waals surface area contributed by atoms with Crippen molar-refractivity contribution in [1.29, 1.82) is 0 Å². The van der Waals surface area contributed by atoms with Crippen molar-refractivity contribution in [3.05, 3.63) is 48.6 Å². The lowest BCUT2D eigenvalue weighted by Crippen LogP contribution is -2.54. The maximum Gasteiger partial charge on any atom is 0.408 e. The number of hydrogen-bond acceptors (Lipinski definition) is 7. The van der Waals surface area contributed by atoms with Crippen LogP contribution < -0.4 is 27.4 Å². The number of primary amides is 1. The Bertz CT molecular complexity index is 973. The standard InChI is InChI=1S/C15H23N3O2.C12H19N3O4/c1-3-10(2)13(16)15(20)18-12(14(17)19)9-11-7-5-4-6-8-11;1-3-7-19-12(18)14-9-5-4-6-15(11(9)17)8-10(16)13-2/h4-8,10,12-13H,3,9,16H2,1-2H3,(H2,17,19)(H,18,20);3,9H,1,4-8H2,2H3,(H,13,16)(H,14,18)/t10-,12-,13-;/m0./s1. The average molecular weight is 547 g/mol. The fraction of sp³-hybridized carbons (Fsp3) is 0.519. The highest BCUT2D eigenvalue weighted by Gasteiger charge is 2.31. The van der Waals surface area contributed by atoms with Gasteiger partial charge < -0.3 is 37.1 Å². The number of piperidine rings is 1. The number of rotatable bonds is 12. The SMILES string of the molecule is C=CCOC(=O)NC1CCCN(CC(=O)NC)C1=O.CC[C@H](C)[C@H](N)C(=O)N[C@@H](Cc1ccccc1)C(N)=O. The van der Waals surface area contributed by atoms with E-state index in [0.29, 0.717) is 19.4 Å². The van der Waals surface area contributed by atoms with Gasteiger partial charge in [0.05, 0.1) is 12.6 Å². The van der Waals surface area contributed by atoms with Crippen LogP contribution in [0.25, 0.3) is 0 Å². The van der Waals surface area contributed by atoms with Gasteiger partial charge in [-0.2, -0.15) is 0 Å². The van der Waals surface area contributed by atoms with Gasteiger partial charge in [-0.25, -0.2) is 4.79 Å². The van der Waals surface area contributed by atoms with Crippen molar-refractivity contribution in [3.63, 3.8) is 0 Å². The Balaban J connectivity index is 0.000000391. The number of alkyl carbamates (subject to hydrolysis) is 1. The fourth-order valence-corrected chi connectivity index (χ4v) is 3.65. The highest BCUT2D eigenvalue weighted by Crippen LogP contribution is 2.12. The number of hydrogen-bond donors (Lipinski definition) is 5. The molecule has 1 unspecified atom stereocenters. The number of ether oxygens (including phenoxy) is 1. The Morgan fingerprint density at radius 3 is 2.46 bits per heavy atom. The minimum atomic E-state index is -0.736. The summed E-state index contributed by atoms with van der Waals surface area (Å²) in [7, 11) is 1.51. The molecule has 0 aliphatic carbocycles. The van der Waals surface area contributed by atoms with Gasteiger partial charge in [-0.1, -0.05) is 63.3 Å². The molecule has 1 saturated heterocycles. The zero-order valence-electron chi connectivity index (χ0n) is 23.0. The molecule has 0 bridgehead atoms. The van der Waals surface area contributed by atoms with Gasteiger partial charge in [-0.3, -0.25) is 19.2 Å². The molecule has 12 heteroatoms. The highest BCUT2D eigenvalue weighted by atomic mass is 16.5. The lowest BCUT2D eigenvalue weighted by molar-refractivity contribution is -0.139. The van der Waals surface area contributed by atoms with Crippen LogP contribution in [0.2, 0.25) is 0 Å². The lowest BCUT2D eigenvalue weighted by Gasteiger charge is -2.31. The number of carbonyl (C=O) groups is 5. The second kappa shape index (κ2) is 17.6. The van der Waals surface area contributed by atoms with E-state index in [1.807, 2.05) is 44.2 Å². The first-order chi connectivity index (χ1) is 18.5. The molecule has 216 valence electrons. The first-order valence-electron chi connectivity index (χ1n) is 13.0. The van der Waals surface area contributed by atoms with Crippen LogP contribution in [0, 0.1) is 5.92 Å². The van der Waals surface area contributed by atoms with Crippen LogP contribution in [0.15, 0.2) is 43.0 Å². The van der Waals surface area contributed by atoms with E-state index in [0.717, 1.165) is 18.4 Å². The summed E-state index contributed by atoms with van der Waals surface area (Å²) in [6, 6.07) is 7.42. The lowest BCUT2D eigenvalue weighted by atomic mass is 9.98. The van der Waals surface area contributed by atoms with E-state index in [9.17, 15) is 24.0 Å². The van der Waals surface area contributed by atoms with Crippen molar-refractivity contribution in [2.75, 3.05) is 26.7 Å². The predicted molar refractivity (Wildman–Crippen MR) is 147 cm³/mol. The molecule has 7 N–H and O–H groups in total. The number of carbonyl (C=O) groups excluding carboxylic acids is 5. The summed E-state index contributed by atoms with van der Waals surface area (Å²) < 4.78 is 4.76. The molecule has 0 spiro atoms. The summed E-state index contributed by atoms with van der Waals surface area (Å²) in [4.78, 5) is 59.6. The summed E-state index contributed by atoms with van der Waals surface area (Å²) in [5.41, 5.74) is 12.1. The third-order valence-electron chi connectivity index (χ3n) is 6.27. The number of nitrogens with zero attached hydrogens (tertiary/aromatic N) is 1. The molecule has 0 aromatic heterocycles. The highest BCUT2D eigenvalue weighted by molar-refractivity contribution is 5.90. The minimum Gasteiger partial charge on any atom is -0.445 e. The van der Waals surface area contributed by atoms with Crippen molar-refractivity contribution >= 4 is 29.7 Å². The van der Waals surface area contributed by atoms with Crippen LogP contribution in [0.4, 0.5) is 4.79 Å². The molecule has 1 aromatic carbocycles. The summed E-state index contributed by atoms with van der Waals surface area (Å²) >= 11 is 0. The third-order valence-corrected chi connectivity index (χ3v) is 6.27. The van der Waals surface area contributed by atoms with Crippen LogP contribution in [0.5, 0.6) is 0 Å². The number of nitrogens with two attached hydrogens (primary N) is 2. The van der Waals surface area contributed by atoms with Gasteiger partial charge in [0, 0.05) is 20.0 Å². The maximum absolute atomic E-state index is 12.0. The molecule has 4 atom stereocenters. The summed E-state index contributed by atoms with van der Waals surface area (Å²) in [5, 5.41) is 7.59. The van der Waals surface area contributed by atoms with Gasteiger partial charge in [0.2, 0.25) is 23.6 Å². The average Bonchev–Trinajstić information content (AvgIpc) is 2.93. The fourth-order valence-electron chi connectivity index (χ4n) is 3.65. The van der Waals surface area contributed by atoms with E-state index < -0.39 is 30.1 Å². The number of nitrogens with one attached hydrogen (secondary N) is 3. The first-order valence-corrected chi connectivity index (χ1v) is 13.0. The Kier molecular flexibility index (Phi) is 14.9. The van der Waals surface area contributed by atoms with Crippen LogP contribution >= 0.6 is 0 Å². The van der Waals surface area contributed by atoms with Crippen LogP contribution in [-0.4, -0.2) is 79.5 Å². The molecule has 5 amide bonds. The van der Waals surface area contributed by atoms with Gasteiger partial charge in [0.1, 0.15) is 18.7 Å². The predicted octanol–water partition coefficient (Wildman–Crippen LogP) is 0.208. The molecular weight excluding hydrogens is 504 g/mol. The Morgan fingerprint density at radius 2 is 1.90 bits per heavy atom. The molecule has 2 rings (SSSR count). The molecule has 1 aliphatic heterocycles. The van der Waals surface area contributed by atoms with Crippen LogP contribution in [0.1, 0.15) is 38.7 Å². The number of likely N-dealkylation sites (N-methyl/N-ethyl adjacent to an activating group) is 1. The zero-order chi connectivity index (χ0) is 29.4. The summed E-state index contributed by atoms with van der Waals surface area (Å²) in [6.07, 6.45) is 3.24. The van der Waals surface area contributed by atoms with Gasteiger partial charge in [0.15, 0.2) is 0 Å². The Morgan fingerprint density at radius 1 is 1.23 bits per heavy atom. The van der Waals surface area contributed by atoms with E-state index in [4.69, 9.17) is 16.2 Å². The second-order valence-corrected chi connectivity index (χ2v) is 9.22. The van der Waals surface area contributed by atoms with Crippen molar-refractivity contribution in [1.82, 2.24) is 20.9 Å². The molecular formula is C27H42N6O6. The first kappa shape index (κ1) is 33.1. The van der Waals surface area contributed by atoms with Gasteiger partial charge in [-0.15, -0.1) is 0 Å². The van der Waals surface area contributed by atoms with E-state index in [-0.39, 0.29) is 36.8 Å². The monoisotopic (exact) mass is 546 g/mol. The second-order valence-electron chi connectivity index (χ2n) is 9.22. The largest absolute Gasteiger partial charge is 0.445 e. The van der Waals surface area contributed by atoms with Crippen molar-refractivity contribution in [2.45, 2.75) is 57.7 Å². The van der Waals surface area contributed by atoms with Crippen molar-refractivity contribution in [2.24, 2.45) is 17.4 Å². The van der Waals surface area contributed by atoms with Crippen LogP contribution in [-0.2, 0) is 30.3 Å². The molecule has 0 saturated carbocycles. The third kappa shape index (κ3) is 12.0. The molecule has 0 radical (unpaired) electrons. The molecule has 1 heterocycles. The Labute approximate surface area is 229 Å². The number of benzene rings is 1. The topological polar surface area (TPSA) is 186 Å². The summed E-state index contributed by atoms with van der Waals surface area (Å²) in [6.45, 7) is 7.91. The normalized spacial score (nSPS) is 16.9. The van der Waals surface area contributed by atoms with E-state index in [2.05, 4.69) is 22.5 Å². The van der Waals surface area contributed by atoms with E-state index >= 15 is 0 Å². The molecule has 39 heavy (non-hydrogen) atoms. The van der Waals surface area contributed by atoms with Crippen molar-refractivity contribution in [3.8, 4) is 0 Å². The van der Waals surface area contributed by atoms with Gasteiger partial charge in [-0.05, 0) is 24.3 Å². The number of likely N-dealkylation sites (tertiary alicyclic amines) is 1. The van der Waals surface area contributed by atoms with Gasteiger partial charge >= 0.3 is 6.09 Å². The summed E-state index contributed by atoms with van der Waals surface area (Å²) in [5.74, 6) is -1.33. The maximum atomic E-state index is 12.0. The molecule has 1 fully saturated rings. The number of amides is 5. The zero-order valence-corrected chi connectivity index (χ0v) is 23.0.